The van der Waals surface area contributed by atoms with Gasteiger partial charge in [0.2, 0.25) is 5.91 Å². The Balaban J connectivity index is 0.962. The van der Waals surface area contributed by atoms with Gasteiger partial charge in [-0.25, -0.2) is 0 Å². The number of hydrogen-bond acceptors (Lipinski definition) is 7. The van der Waals surface area contributed by atoms with E-state index in [1.165, 1.54) is 0 Å². The highest BCUT2D eigenvalue weighted by molar-refractivity contribution is 6.03. The monoisotopic (exact) mass is 858 g/mol. The number of ether oxygens (including phenoxy) is 1. The maximum absolute atomic E-state index is 14.6. The van der Waals surface area contributed by atoms with E-state index in [1.54, 1.807) is 19.9 Å². The van der Waals surface area contributed by atoms with E-state index in [1.807, 2.05) is 44.2 Å². The highest BCUT2D eigenvalue weighted by atomic mass is 16.5. The fourth-order valence-electron chi connectivity index (χ4n) is 15.1. The number of carbonyl (C=O) groups excluding carboxylic acids is 4. The number of allylic oxidation sites excluding steroid dienone is 1. The van der Waals surface area contributed by atoms with Gasteiger partial charge in [0.15, 0.2) is 5.78 Å². The topological polar surface area (TPSA) is 168 Å². The van der Waals surface area contributed by atoms with Crippen molar-refractivity contribution in [1.82, 2.24) is 20.8 Å². The first-order valence-corrected chi connectivity index (χ1v) is 23.4. The molecule has 4 N–H and O–H groups in total. The second kappa shape index (κ2) is 13.9. The molecule has 0 aliphatic heterocycles. The quantitative estimate of drug-likeness (QED) is 0.144. The minimum absolute atomic E-state index is 0.0114. The van der Waals surface area contributed by atoms with Crippen LogP contribution in [-0.4, -0.2) is 62.0 Å². The predicted octanol–water partition coefficient (Wildman–Crippen LogP) is 8.46. The molecule has 63 heavy (non-hydrogen) atoms. The molecule has 4 unspecified atom stereocenters. The summed E-state index contributed by atoms with van der Waals surface area (Å²) in [5, 5.41) is 23.3. The lowest BCUT2D eigenvalue weighted by Crippen LogP contribution is -2.73. The maximum atomic E-state index is 14.6. The molecule has 1 heterocycles. The summed E-state index contributed by atoms with van der Waals surface area (Å²) in [6.45, 7) is 21.0. The lowest BCUT2D eigenvalue weighted by molar-refractivity contribution is -0.255. The highest BCUT2D eigenvalue weighted by Crippen LogP contribution is 2.80. The van der Waals surface area contributed by atoms with Crippen LogP contribution >= 0.6 is 0 Å². The molecule has 9 rings (SSSR count). The molecule has 1 aromatic carbocycles. The number of aliphatic carboxylic acids is 1. The van der Waals surface area contributed by atoms with E-state index in [4.69, 9.17) is 4.74 Å². The highest BCUT2D eigenvalue weighted by Gasteiger charge is 2.77. The second-order valence-electron chi connectivity index (χ2n) is 23.0. The first-order chi connectivity index (χ1) is 29.4. The Morgan fingerprint density at radius 1 is 0.889 bits per heavy atom. The van der Waals surface area contributed by atoms with Crippen molar-refractivity contribution in [3.05, 3.63) is 53.2 Å². The molecule has 2 amide bonds. The molecule has 7 aliphatic carbocycles. The third-order valence-electron chi connectivity index (χ3n) is 19.3. The molecular formula is C52H66N4O7. The number of aromatic nitrogens is 2. The second-order valence-corrected chi connectivity index (χ2v) is 23.0. The third kappa shape index (κ3) is 5.76. The van der Waals surface area contributed by atoms with Crippen LogP contribution in [0.1, 0.15) is 144 Å². The van der Waals surface area contributed by atoms with E-state index in [0.29, 0.717) is 30.9 Å². The molecule has 0 saturated heterocycles. The zero-order valence-electron chi connectivity index (χ0n) is 38.8. The number of aromatic amines is 1. The lowest BCUT2D eigenvalue weighted by Gasteiger charge is -2.75. The number of ketones is 1. The third-order valence-corrected chi connectivity index (χ3v) is 19.3. The van der Waals surface area contributed by atoms with E-state index in [-0.39, 0.29) is 69.4 Å². The Morgan fingerprint density at radius 2 is 1.59 bits per heavy atom. The van der Waals surface area contributed by atoms with Crippen molar-refractivity contribution in [2.45, 2.75) is 151 Å². The van der Waals surface area contributed by atoms with E-state index in [0.717, 1.165) is 55.2 Å². The molecule has 11 heteroatoms. The minimum atomic E-state index is -1.30. The zero-order chi connectivity index (χ0) is 45.5. The zero-order valence-corrected chi connectivity index (χ0v) is 38.8. The number of carbonyl (C=O) groups is 5. The van der Waals surface area contributed by atoms with Crippen LogP contribution in [0.4, 0.5) is 0 Å². The molecule has 2 aromatic rings. The molecule has 1 spiro atoms. The number of fused-ring (bicyclic) bond motifs is 6. The van der Waals surface area contributed by atoms with Gasteiger partial charge in [0.25, 0.3) is 5.91 Å². The molecule has 336 valence electrons. The van der Waals surface area contributed by atoms with Gasteiger partial charge in [-0.1, -0.05) is 90.6 Å². The largest absolute Gasteiger partial charge is 0.481 e. The molecular weight excluding hydrogens is 793 g/mol. The summed E-state index contributed by atoms with van der Waals surface area (Å²) < 4.78 is 6.44. The van der Waals surface area contributed by atoms with Crippen LogP contribution in [0.3, 0.4) is 0 Å². The van der Waals surface area contributed by atoms with E-state index >= 15 is 0 Å². The number of carboxylic acid groups (broad SMARTS) is 1. The molecule has 1 aromatic heterocycles. The average molecular weight is 859 g/mol. The van der Waals surface area contributed by atoms with Gasteiger partial charge in [0, 0.05) is 12.0 Å². The number of hydrogen-bond donors (Lipinski definition) is 4. The summed E-state index contributed by atoms with van der Waals surface area (Å²) in [6, 6.07) is 11.3. The first-order valence-electron chi connectivity index (χ1n) is 23.4. The number of carboxylic acids is 1. The van der Waals surface area contributed by atoms with Gasteiger partial charge in [-0.05, 0) is 135 Å². The van der Waals surface area contributed by atoms with E-state index in [9.17, 15) is 29.1 Å². The predicted molar refractivity (Wildman–Crippen MR) is 237 cm³/mol. The maximum Gasteiger partial charge on any atom is 0.309 e. The van der Waals surface area contributed by atoms with Crippen LogP contribution in [0, 0.1) is 73.9 Å². The van der Waals surface area contributed by atoms with Crippen molar-refractivity contribution >= 4 is 29.5 Å². The van der Waals surface area contributed by atoms with Gasteiger partial charge < -0.3 is 20.5 Å². The van der Waals surface area contributed by atoms with Crippen molar-refractivity contribution in [2.75, 3.05) is 0 Å². The summed E-state index contributed by atoms with van der Waals surface area (Å²) in [5.41, 5.74) is -0.266. The number of benzene rings is 1. The van der Waals surface area contributed by atoms with Crippen molar-refractivity contribution in [1.29, 1.82) is 0 Å². The lowest BCUT2D eigenvalue weighted by atomic mass is 9.28. The van der Waals surface area contributed by atoms with Gasteiger partial charge >= 0.3 is 11.9 Å². The summed E-state index contributed by atoms with van der Waals surface area (Å²) in [7, 11) is 0. The Kier molecular flexibility index (Phi) is 9.60. The molecule has 0 bridgehead atoms. The van der Waals surface area contributed by atoms with Crippen molar-refractivity contribution in [3.63, 3.8) is 0 Å². The number of Topliss-reactive ketones (excluding diaryl/α,β-unsaturated/α-hetero) is 1. The molecule has 5 fully saturated rings. The van der Waals surface area contributed by atoms with Crippen LogP contribution in [0.5, 0.6) is 0 Å². The van der Waals surface area contributed by atoms with E-state index < -0.39 is 45.6 Å². The van der Waals surface area contributed by atoms with Crippen LogP contribution in [0.25, 0.3) is 11.3 Å². The number of nitrogens with one attached hydrogen (secondary N) is 3. The SMILES string of the molecule is CC(C)C1=C2C3CC[C@H]4C(C)(CC[C@@]56C#C[C@]5(C)C(OC(=O)[C@H]5C[C@@H](C(=O)O)C5(C)C)CC[C@]46C)[C@]3(C)CCC2(NC(=O)C(C)(C)NC(=O)c2cc(-c3ccccc3)n[nH]2)CC1=O. The molecule has 0 radical (unpaired) electrons. The van der Waals surface area contributed by atoms with Crippen LogP contribution < -0.4 is 10.6 Å². The molecule has 11 nitrogen and oxygen atoms in total. The molecule has 11 atom stereocenters. The van der Waals surface area contributed by atoms with Crippen molar-refractivity contribution < 1.29 is 33.8 Å². The number of nitrogens with zero attached hydrogens (tertiary/aromatic N) is 1. The van der Waals surface area contributed by atoms with Crippen molar-refractivity contribution in [3.8, 4) is 23.1 Å². The number of rotatable bonds is 9. The fourth-order valence-corrected chi connectivity index (χ4v) is 15.1. The Labute approximate surface area is 372 Å². The number of esters is 1. The van der Waals surface area contributed by atoms with Gasteiger partial charge in [-0.15, -0.1) is 0 Å². The summed E-state index contributed by atoms with van der Waals surface area (Å²) in [4.78, 5) is 68.1. The average Bonchev–Trinajstić information content (AvgIpc) is 3.82. The van der Waals surface area contributed by atoms with E-state index in [2.05, 4.69) is 74.2 Å². The van der Waals surface area contributed by atoms with Gasteiger partial charge in [-0.3, -0.25) is 29.1 Å². The first kappa shape index (κ1) is 43.5. The summed E-state index contributed by atoms with van der Waals surface area (Å²) in [6.07, 6.45) is 6.96. The van der Waals surface area contributed by atoms with Crippen LogP contribution in [0.2, 0.25) is 0 Å². The Morgan fingerprint density at radius 3 is 2.22 bits per heavy atom. The normalized spacial score (nSPS) is 39.4. The number of amides is 2. The number of H-pyrrole nitrogens is 1. The Bertz CT molecular complexity index is 2420. The fraction of sp³-hybridized carbons (Fsp3) is 0.654. The van der Waals surface area contributed by atoms with Gasteiger partial charge in [0.05, 0.1) is 33.9 Å². The van der Waals surface area contributed by atoms with Gasteiger partial charge in [-0.2, -0.15) is 5.10 Å². The minimum Gasteiger partial charge on any atom is -0.481 e. The molecule has 5 saturated carbocycles. The molecule has 7 aliphatic rings. The summed E-state index contributed by atoms with van der Waals surface area (Å²) in [5.74, 6) is 4.94. The smallest absolute Gasteiger partial charge is 0.309 e. The standard InChI is InChI=1S/C52H66N4O7/c1-29(2)39-36(57)28-51(54-44(62)46(5,6)53-41(58)35-27-34(55-56-35)30-14-12-11-13-15-30)23-20-47(7)31(40(39)51)16-17-37-48(47,8)21-24-52-25-22-50(52,10)38(18-19-49(37,52)9)63-43(61)33-26-32(42(59)60)45(33,3)4/h11-15,27,29,31-33,37-38H,16-21,23-24,26,28H2,1-10H3,(H,53,58)(H,54,62)(H,55,56)(H,59,60)/t31?,32-,33+,37-,38?,47+,48?,49+,50+,51?,52-/m0/s1. The van der Waals surface area contributed by atoms with Crippen molar-refractivity contribution in [2.24, 2.45) is 62.1 Å². The summed E-state index contributed by atoms with van der Waals surface area (Å²) >= 11 is 0. The van der Waals surface area contributed by atoms with Crippen LogP contribution in [-0.2, 0) is 23.9 Å². The Hall–Kier alpha value is -4.72. The van der Waals surface area contributed by atoms with Gasteiger partial charge in [0.1, 0.15) is 17.3 Å². The van der Waals surface area contributed by atoms with Crippen LogP contribution in [0.15, 0.2) is 47.5 Å².